The molecule has 2 aliphatic heterocycles. The second-order valence-corrected chi connectivity index (χ2v) is 8.87. The maximum atomic E-state index is 13.3. The molecule has 4 rings (SSSR count). The monoisotopic (exact) mass is 510 g/mol. The predicted octanol–water partition coefficient (Wildman–Crippen LogP) is 3.25. The van der Waals surface area contributed by atoms with E-state index < -0.39 is 17.7 Å². The number of hydrogen-bond donors (Lipinski definition) is 1. The normalized spacial score (nSPS) is 19.8. The number of carbonyl (C=O) groups excluding carboxylic acids is 2. The molecule has 2 aromatic carbocycles. The van der Waals surface area contributed by atoms with E-state index in [0.29, 0.717) is 61.2 Å². The summed E-state index contributed by atoms with van der Waals surface area (Å²) in [5.74, 6) is 0.103. The minimum atomic E-state index is -0.767. The van der Waals surface area contributed by atoms with Crippen molar-refractivity contribution in [2.75, 3.05) is 60.2 Å². The first-order valence-electron chi connectivity index (χ1n) is 12.5. The molecule has 0 aromatic heterocycles. The second-order valence-electron chi connectivity index (χ2n) is 8.87. The average molecular weight is 511 g/mol. The molecule has 0 unspecified atom stereocenters. The summed E-state index contributed by atoms with van der Waals surface area (Å²) in [5, 5.41) is 11.3. The van der Waals surface area contributed by atoms with E-state index in [1.54, 1.807) is 54.5 Å². The maximum absolute atomic E-state index is 13.3. The Balaban J connectivity index is 1.71. The van der Waals surface area contributed by atoms with Crippen LogP contribution < -0.4 is 14.2 Å². The number of nitrogens with zero attached hydrogens (tertiary/aromatic N) is 2. The summed E-state index contributed by atoms with van der Waals surface area (Å²) in [6.07, 6.45) is 0.681. The van der Waals surface area contributed by atoms with Gasteiger partial charge in [0, 0.05) is 31.7 Å². The van der Waals surface area contributed by atoms with Gasteiger partial charge in [-0.2, -0.15) is 0 Å². The molecular weight excluding hydrogens is 476 g/mol. The molecule has 2 aliphatic rings. The number of likely N-dealkylation sites (tertiary alicyclic amines) is 1. The third kappa shape index (κ3) is 5.73. The number of aliphatic hydroxyl groups is 1. The van der Waals surface area contributed by atoms with Crippen LogP contribution in [0, 0.1) is 0 Å². The lowest BCUT2D eigenvalue weighted by molar-refractivity contribution is -0.140. The van der Waals surface area contributed by atoms with Gasteiger partial charge in [0.05, 0.1) is 45.7 Å². The number of methoxy groups -OCH3 is 2. The van der Waals surface area contributed by atoms with E-state index in [2.05, 4.69) is 4.90 Å². The lowest BCUT2D eigenvalue weighted by Crippen LogP contribution is -2.39. The van der Waals surface area contributed by atoms with Crippen LogP contribution in [-0.4, -0.2) is 86.8 Å². The summed E-state index contributed by atoms with van der Waals surface area (Å²) in [5.41, 5.74) is 1.13. The number of benzene rings is 2. The molecule has 2 fully saturated rings. The standard InChI is InChI=1S/C28H34N2O7/c1-4-37-22-11-8-20(18-23(22)35-3)25-24(26(31)19-6-9-21(34-2)10-7-19)27(32)28(33)30(25)13-5-12-29-14-16-36-17-15-29/h6-11,18,25,31H,4-5,12-17H2,1-3H3/t25-/m0/s1. The third-order valence-electron chi connectivity index (χ3n) is 6.68. The summed E-state index contributed by atoms with van der Waals surface area (Å²) in [6.45, 7) is 6.56. The van der Waals surface area contributed by atoms with E-state index in [1.807, 2.05) is 6.92 Å². The number of Topliss-reactive ketones (excluding diaryl/α,β-unsaturated/α-hetero) is 1. The lowest BCUT2D eigenvalue weighted by atomic mass is 9.95. The molecule has 2 heterocycles. The molecule has 0 saturated carbocycles. The Bertz CT molecular complexity index is 1140. The summed E-state index contributed by atoms with van der Waals surface area (Å²) in [6, 6.07) is 11.3. The first kappa shape index (κ1) is 26.5. The van der Waals surface area contributed by atoms with Gasteiger partial charge in [0.2, 0.25) is 0 Å². The first-order valence-corrected chi connectivity index (χ1v) is 12.5. The van der Waals surface area contributed by atoms with E-state index >= 15 is 0 Å². The second kappa shape index (κ2) is 12.1. The van der Waals surface area contributed by atoms with Crippen LogP contribution in [0.5, 0.6) is 17.2 Å². The molecule has 0 spiro atoms. The summed E-state index contributed by atoms with van der Waals surface area (Å²) in [7, 11) is 3.09. The van der Waals surface area contributed by atoms with Crippen LogP contribution in [0.2, 0.25) is 0 Å². The van der Waals surface area contributed by atoms with E-state index in [-0.39, 0.29) is 11.3 Å². The van der Waals surface area contributed by atoms with Gasteiger partial charge in [0.1, 0.15) is 11.5 Å². The van der Waals surface area contributed by atoms with Crippen molar-refractivity contribution < 1.29 is 33.6 Å². The number of hydrogen-bond acceptors (Lipinski definition) is 8. The molecule has 9 heteroatoms. The summed E-state index contributed by atoms with van der Waals surface area (Å²) >= 11 is 0. The highest BCUT2D eigenvalue weighted by Gasteiger charge is 2.46. The van der Waals surface area contributed by atoms with E-state index in [4.69, 9.17) is 18.9 Å². The Morgan fingerprint density at radius 1 is 1.00 bits per heavy atom. The van der Waals surface area contributed by atoms with Crippen LogP contribution in [0.3, 0.4) is 0 Å². The van der Waals surface area contributed by atoms with Crippen molar-refractivity contribution in [3.8, 4) is 17.2 Å². The van der Waals surface area contributed by atoms with Gasteiger partial charge in [0.25, 0.3) is 11.7 Å². The van der Waals surface area contributed by atoms with Crippen molar-refractivity contribution in [2.24, 2.45) is 0 Å². The fourth-order valence-electron chi connectivity index (χ4n) is 4.78. The van der Waals surface area contributed by atoms with Crippen molar-refractivity contribution in [1.82, 2.24) is 9.80 Å². The van der Waals surface area contributed by atoms with Crippen LogP contribution >= 0.6 is 0 Å². The topological polar surface area (TPSA) is 97.8 Å². The fraction of sp³-hybridized carbons (Fsp3) is 0.429. The Hall–Kier alpha value is -3.56. The molecule has 0 bridgehead atoms. The maximum Gasteiger partial charge on any atom is 0.295 e. The number of rotatable bonds is 10. The molecule has 1 amide bonds. The molecule has 2 aromatic rings. The molecule has 1 N–H and O–H groups in total. The highest BCUT2D eigenvalue weighted by molar-refractivity contribution is 6.46. The number of morpholine rings is 1. The van der Waals surface area contributed by atoms with Gasteiger partial charge in [-0.15, -0.1) is 0 Å². The van der Waals surface area contributed by atoms with Crippen molar-refractivity contribution in [1.29, 1.82) is 0 Å². The average Bonchev–Trinajstić information content (AvgIpc) is 3.18. The minimum absolute atomic E-state index is 0.0488. The number of aliphatic hydroxyl groups excluding tert-OH is 1. The largest absolute Gasteiger partial charge is 0.507 e. The van der Waals surface area contributed by atoms with Crippen LogP contribution in [0.1, 0.15) is 30.5 Å². The van der Waals surface area contributed by atoms with Crippen LogP contribution in [-0.2, 0) is 14.3 Å². The Kier molecular flexibility index (Phi) is 8.68. The highest BCUT2D eigenvalue weighted by atomic mass is 16.5. The molecule has 2 saturated heterocycles. The zero-order valence-corrected chi connectivity index (χ0v) is 21.6. The van der Waals surface area contributed by atoms with Gasteiger partial charge >= 0.3 is 0 Å². The Morgan fingerprint density at radius 3 is 2.38 bits per heavy atom. The van der Waals surface area contributed by atoms with Crippen molar-refractivity contribution in [3.05, 3.63) is 59.2 Å². The summed E-state index contributed by atoms with van der Waals surface area (Å²) in [4.78, 5) is 30.4. The van der Waals surface area contributed by atoms with Crippen LogP contribution in [0.25, 0.3) is 5.76 Å². The molecule has 0 radical (unpaired) electrons. The smallest absolute Gasteiger partial charge is 0.295 e. The number of amides is 1. The van der Waals surface area contributed by atoms with Gasteiger partial charge in [-0.3, -0.25) is 14.5 Å². The fourth-order valence-corrected chi connectivity index (χ4v) is 4.78. The SMILES string of the molecule is CCOc1ccc([C@H]2C(=C(O)c3ccc(OC)cc3)C(=O)C(=O)N2CCCN2CCOCC2)cc1OC. The first-order chi connectivity index (χ1) is 18.0. The number of carbonyl (C=O) groups is 2. The molecule has 0 aliphatic carbocycles. The Labute approximate surface area is 217 Å². The van der Waals surface area contributed by atoms with E-state index in [9.17, 15) is 14.7 Å². The van der Waals surface area contributed by atoms with Gasteiger partial charge in [-0.25, -0.2) is 0 Å². The van der Waals surface area contributed by atoms with E-state index in [0.717, 1.165) is 19.6 Å². The van der Waals surface area contributed by atoms with Gasteiger partial charge in [0.15, 0.2) is 11.5 Å². The molecule has 1 atom stereocenters. The third-order valence-corrected chi connectivity index (χ3v) is 6.68. The van der Waals surface area contributed by atoms with Gasteiger partial charge in [-0.1, -0.05) is 6.07 Å². The van der Waals surface area contributed by atoms with Crippen LogP contribution in [0.15, 0.2) is 48.0 Å². The quantitative estimate of drug-likeness (QED) is 0.296. The zero-order valence-electron chi connectivity index (χ0n) is 21.6. The molecule has 37 heavy (non-hydrogen) atoms. The molecule has 198 valence electrons. The predicted molar refractivity (Wildman–Crippen MR) is 138 cm³/mol. The number of ketones is 1. The number of ether oxygens (including phenoxy) is 4. The van der Waals surface area contributed by atoms with Gasteiger partial charge < -0.3 is 29.0 Å². The van der Waals surface area contributed by atoms with Gasteiger partial charge in [-0.05, 0) is 55.3 Å². The minimum Gasteiger partial charge on any atom is -0.507 e. The molecule has 9 nitrogen and oxygen atoms in total. The lowest BCUT2D eigenvalue weighted by Gasteiger charge is -2.29. The van der Waals surface area contributed by atoms with Crippen molar-refractivity contribution in [3.63, 3.8) is 0 Å². The zero-order chi connectivity index (χ0) is 26.4. The highest BCUT2D eigenvalue weighted by Crippen LogP contribution is 2.42. The van der Waals surface area contributed by atoms with Crippen molar-refractivity contribution >= 4 is 17.4 Å². The van der Waals surface area contributed by atoms with E-state index in [1.165, 1.54) is 7.11 Å². The Morgan fingerprint density at radius 2 is 1.73 bits per heavy atom. The van der Waals surface area contributed by atoms with Crippen LogP contribution in [0.4, 0.5) is 0 Å². The summed E-state index contributed by atoms with van der Waals surface area (Å²) < 4.78 is 21.8. The molecular formula is C28H34N2O7. The van der Waals surface area contributed by atoms with Crippen molar-refractivity contribution in [2.45, 2.75) is 19.4 Å².